The summed E-state index contributed by atoms with van der Waals surface area (Å²) in [6.07, 6.45) is 3.45. The average Bonchev–Trinajstić information content (AvgIpc) is 2.43. The van der Waals surface area contributed by atoms with E-state index in [1.807, 2.05) is 12.1 Å². The maximum atomic E-state index is 11.6. The topological polar surface area (TPSA) is 42.8 Å². The molecule has 1 heterocycles. The lowest BCUT2D eigenvalue weighted by atomic mass is 10.1. The van der Waals surface area contributed by atoms with Crippen LogP contribution in [0.3, 0.4) is 0 Å². The molecule has 6 heteroatoms. The summed E-state index contributed by atoms with van der Waals surface area (Å²) in [5.74, 6) is 0. The van der Waals surface area contributed by atoms with Crippen molar-refractivity contribution < 1.29 is 26.8 Å². The van der Waals surface area contributed by atoms with Crippen molar-refractivity contribution in [3.63, 3.8) is 0 Å². The zero-order valence-corrected chi connectivity index (χ0v) is 12.8. The molecule has 0 saturated carbocycles. The summed E-state index contributed by atoms with van der Waals surface area (Å²) in [5.41, 5.74) is 0.583. The standard InChI is InChI=1S/C14H19ClN2O2.ClH/c15-12-6-2-3-7-13(12)16-14(18)19-11-10-17-8-4-1-5-9-17;/h2-3,6-7H,1,4-5,8-11H2,(H,16,18);1H. The van der Waals surface area contributed by atoms with E-state index in [0.717, 1.165) is 6.54 Å². The first-order valence-corrected chi connectivity index (χ1v) is 7.15. The van der Waals surface area contributed by atoms with Crippen LogP contribution >= 0.6 is 11.6 Å². The number of rotatable bonds is 4. The van der Waals surface area contributed by atoms with E-state index in [1.165, 1.54) is 37.3 Å². The molecule has 2 rings (SSSR count). The lowest BCUT2D eigenvalue weighted by Crippen LogP contribution is -3.13. The van der Waals surface area contributed by atoms with Gasteiger partial charge < -0.3 is 22.0 Å². The van der Waals surface area contributed by atoms with Crippen LogP contribution in [0.4, 0.5) is 10.5 Å². The van der Waals surface area contributed by atoms with Crippen LogP contribution < -0.4 is 22.6 Å². The molecule has 1 fully saturated rings. The Labute approximate surface area is 130 Å². The highest BCUT2D eigenvalue weighted by molar-refractivity contribution is 6.33. The second kappa shape index (κ2) is 9.06. The third-order valence-electron chi connectivity index (χ3n) is 3.36. The molecule has 2 N–H and O–H groups in total. The van der Waals surface area contributed by atoms with Gasteiger partial charge in [0.25, 0.3) is 0 Å². The van der Waals surface area contributed by atoms with E-state index in [-0.39, 0.29) is 12.4 Å². The van der Waals surface area contributed by atoms with Gasteiger partial charge in [-0.25, -0.2) is 4.79 Å². The highest BCUT2D eigenvalue weighted by atomic mass is 35.5. The number of amides is 1. The van der Waals surface area contributed by atoms with Crippen molar-refractivity contribution >= 4 is 23.4 Å². The summed E-state index contributed by atoms with van der Waals surface area (Å²) in [5, 5.41) is 3.16. The van der Waals surface area contributed by atoms with Crippen LogP contribution in [0.25, 0.3) is 0 Å². The maximum absolute atomic E-state index is 11.6. The van der Waals surface area contributed by atoms with Gasteiger partial charge in [0, 0.05) is 0 Å². The van der Waals surface area contributed by atoms with E-state index < -0.39 is 6.09 Å². The number of anilines is 1. The molecule has 1 amide bonds. The number of quaternary nitrogens is 1. The summed E-state index contributed by atoms with van der Waals surface area (Å²) in [6.45, 7) is 3.71. The van der Waals surface area contributed by atoms with E-state index in [4.69, 9.17) is 16.3 Å². The molecule has 1 aliphatic heterocycles. The quantitative estimate of drug-likeness (QED) is 0.745. The number of benzene rings is 1. The number of carbonyl (C=O) groups is 1. The van der Waals surface area contributed by atoms with Crippen molar-refractivity contribution in [1.29, 1.82) is 0 Å². The normalized spacial score (nSPS) is 15.2. The van der Waals surface area contributed by atoms with E-state index in [2.05, 4.69) is 5.32 Å². The lowest BCUT2D eigenvalue weighted by molar-refractivity contribution is -0.905. The van der Waals surface area contributed by atoms with Crippen LogP contribution in [-0.2, 0) is 4.74 Å². The molecule has 0 bridgehead atoms. The molecule has 1 aromatic rings. The highest BCUT2D eigenvalue weighted by Crippen LogP contribution is 2.20. The Morgan fingerprint density at radius 2 is 1.95 bits per heavy atom. The van der Waals surface area contributed by atoms with Crippen LogP contribution in [0.2, 0.25) is 5.02 Å². The first kappa shape index (κ1) is 17.1. The molecule has 112 valence electrons. The number of piperidine rings is 1. The summed E-state index contributed by atoms with van der Waals surface area (Å²) in [7, 11) is 0. The Morgan fingerprint density at radius 3 is 2.65 bits per heavy atom. The first-order valence-electron chi connectivity index (χ1n) is 6.77. The Hall–Kier alpha value is -0.970. The lowest BCUT2D eigenvalue weighted by Gasteiger charge is -2.23. The van der Waals surface area contributed by atoms with Crippen LogP contribution in [-0.4, -0.2) is 32.3 Å². The molecule has 0 atom stereocenters. The van der Waals surface area contributed by atoms with Gasteiger partial charge >= 0.3 is 6.09 Å². The molecular formula is C14H20Cl2N2O2. The number of carbonyl (C=O) groups excluding carboxylic acids is 1. The van der Waals surface area contributed by atoms with Crippen molar-refractivity contribution in [2.45, 2.75) is 19.3 Å². The van der Waals surface area contributed by atoms with Gasteiger partial charge in [-0.1, -0.05) is 23.7 Å². The zero-order chi connectivity index (χ0) is 13.5. The van der Waals surface area contributed by atoms with Crippen molar-refractivity contribution in [2.75, 3.05) is 31.6 Å². The molecule has 0 aliphatic carbocycles. The predicted octanol–water partition coefficient (Wildman–Crippen LogP) is -1.04. The third kappa shape index (κ3) is 5.57. The first-order chi connectivity index (χ1) is 9.25. The number of hydrogen-bond donors (Lipinski definition) is 2. The van der Waals surface area contributed by atoms with Crippen molar-refractivity contribution in [1.82, 2.24) is 0 Å². The van der Waals surface area contributed by atoms with E-state index >= 15 is 0 Å². The summed E-state index contributed by atoms with van der Waals surface area (Å²) in [6, 6.07) is 7.12. The zero-order valence-electron chi connectivity index (χ0n) is 11.3. The minimum atomic E-state index is -0.440. The van der Waals surface area contributed by atoms with Gasteiger partial charge in [-0.15, -0.1) is 0 Å². The molecule has 0 unspecified atom stereocenters. The van der Waals surface area contributed by atoms with Gasteiger partial charge in [-0.2, -0.15) is 0 Å². The van der Waals surface area contributed by atoms with Crippen LogP contribution in [0, 0.1) is 0 Å². The van der Waals surface area contributed by atoms with E-state index in [9.17, 15) is 4.79 Å². The minimum absolute atomic E-state index is 0. The Bertz CT molecular complexity index is 423. The van der Waals surface area contributed by atoms with E-state index in [1.54, 1.807) is 12.1 Å². The minimum Gasteiger partial charge on any atom is -1.00 e. The molecule has 0 aromatic heterocycles. The Balaban J connectivity index is 0.00000200. The molecule has 1 aromatic carbocycles. The number of halogens is 2. The third-order valence-corrected chi connectivity index (χ3v) is 3.69. The van der Waals surface area contributed by atoms with Crippen LogP contribution in [0.5, 0.6) is 0 Å². The van der Waals surface area contributed by atoms with Crippen molar-refractivity contribution in [2.24, 2.45) is 0 Å². The van der Waals surface area contributed by atoms with Gasteiger partial charge in [-0.3, -0.25) is 5.32 Å². The van der Waals surface area contributed by atoms with Gasteiger partial charge in [0.15, 0.2) is 0 Å². The largest absolute Gasteiger partial charge is 1.00 e. The molecular weight excluding hydrogens is 299 g/mol. The number of hydrogen-bond acceptors (Lipinski definition) is 2. The van der Waals surface area contributed by atoms with E-state index in [0.29, 0.717) is 17.3 Å². The fraction of sp³-hybridized carbons (Fsp3) is 0.500. The molecule has 4 nitrogen and oxygen atoms in total. The van der Waals surface area contributed by atoms with Gasteiger partial charge in [0.05, 0.1) is 23.8 Å². The summed E-state index contributed by atoms with van der Waals surface area (Å²) in [4.78, 5) is 13.1. The molecule has 20 heavy (non-hydrogen) atoms. The predicted molar refractivity (Wildman–Crippen MR) is 75.8 cm³/mol. The molecule has 0 radical (unpaired) electrons. The van der Waals surface area contributed by atoms with Gasteiger partial charge in [0.2, 0.25) is 0 Å². The Morgan fingerprint density at radius 1 is 1.25 bits per heavy atom. The molecule has 1 aliphatic rings. The number of ether oxygens (including phenoxy) is 1. The molecule has 1 saturated heterocycles. The number of para-hydroxylation sites is 1. The van der Waals surface area contributed by atoms with Gasteiger partial charge in [-0.05, 0) is 31.4 Å². The van der Waals surface area contributed by atoms with Crippen LogP contribution in [0.1, 0.15) is 19.3 Å². The second-order valence-electron chi connectivity index (χ2n) is 4.80. The van der Waals surface area contributed by atoms with Crippen LogP contribution in [0.15, 0.2) is 24.3 Å². The highest BCUT2D eigenvalue weighted by Gasteiger charge is 2.14. The summed E-state index contributed by atoms with van der Waals surface area (Å²) >= 11 is 5.95. The second-order valence-corrected chi connectivity index (χ2v) is 5.21. The fourth-order valence-electron chi connectivity index (χ4n) is 2.30. The van der Waals surface area contributed by atoms with Gasteiger partial charge in [0.1, 0.15) is 13.2 Å². The maximum Gasteiger partial charge on any atom is 0.411 e. The number of likely N-dealkylation sites (tertiary alicyclic amines) is 1. The monoisotopic (exact) mass is 318 g/mol. The fourth-order valence-corrected chi connectivity index (χ4v) is 2.48. The number of nitrogens with one attached hydrogen (secondary N) is 2. The summed E-state index contributed by atoms with van der Waals surface area (Å²) < 4.78 is 5.17. The smallest absolute Gasteiger partial charge is 0.411 e. The van der Waals surface area contributed by atoms with Crippen molar-refractivity contribution in [3.8, 4) is 0 Å². The SMILES string of the molecule is O=C(Nc1ccccc1Cl)OCC[NH+]1CCCCC1.[Cl-]. The average molecular weight is 319 g/mol. The Kier molecular flexibility index (Phi) is 7.73. The molecule has 0 spiro atoms. The van der Waals surface area contributed by atoms with Crippen molar-refractivity contribution in [3.05, 3.63) is 29.3 Å².